The van der Waals surface area contributed by atoms with Crippen molar-refractivity contribution in [1.29, 1.82) is 0 Å². The van der Waals surface area contributed by atoms with Crippen molar-refractivity contribution < 1.29 is 9.47 Å². The highest BCUT2D eigenvalue weighted by Gasteiger charge is 2.29. The van der Waals surface area contributed by atoms with Gasteiger partial charge in [0.15, 0.2) is 0 Å². The summed E-state index contributed by atoms with van der Waals surface area (Å²) in [6, 6.07) is 6.19. The van der Waals surface area contributed by atoms with Crippen LogP contribution in [0.1, 0.15) is 38.8 Å². The summed E-state index contributed by atoms with van der Waals surface area (Å²) in [6.07, 6.45) is 0. The quantitative estimate of drug-likeness (QED) is 0.717. The van der Waals surface area contributed by atoms with Crippen LogP contribution in [0.3, 0.4) is 0 Å². The molecule has 0 unspecified atom stereocenters. The third-order valence-corrected chi connectivity index (χ3v) is 3.95. The average Bonchev–Trinajstić information content (AvgIpc) is 2.91. The van der Waals surface area contributed by atoms with Crippen LogP contribution in [-0.4, -0.2) is 36.1 Å². The molecule has 0 bridgehead atoms. The van der Waals surface area contributed by atoms with Crippen molar-refractivity contribution in [1.82, 2.24) is 0 Å². The van der Waals surface area contributed by atoms with Crippen molar-refractivity contribution in [2.24, 2.45) is 9.98 Å². The third kappa shape index (κ3) is 3.22. The van der Waals surface area contributed by atoms with Gasteiger partial charge < -0.3 is 9.47 Å². The Balaban J connectivity index is 1.99. The minimum atomic E-state index is -0.153. The molecule has 0 N–H and O–H groups in total. The predicted molar refractivity (Wildman–Crippen MR) is 92.3 cm³/mol. The summed E-state index contributed by atoms with van der Waals surface area (Å²) >= 11 is 2.30. The van der Waals surface area contributed by atoms with Crippen LogP contribution in [0.25, 0.3) is 0 Å². The van der Waals surface area contributed by atoms with E-state index in [-0.39, 0.29) is 11.1 Å². The Kier molecular flexibility index (Phi) is 3.50. The third-order valence-electron chi connectivity index (χ3n) is 3.32. The number of nitrogens with zero attached hydrogens (tertiary/aromatic N) is 2. The van der Waals surface area contributed by atoms with Crippen LogP contribution in [-0.2, 0) is 9.47 Å². The maximum Gasteiger partial charge on any atom is 0.216 e. The van der Waals surface area contributed by atoms with Gasteiger partial charge in [-0.15, -0.1) is 0 Å². The number of hydrogen-bond donors (Lipinski definition) is 0. The fraction of sp³-hybridized carbons (Fsp3) is 0.500. The van der Waals surface area contributed by atoms with E-state index >= 15 is 0 Å². The van der Waals surface area contributed by atoms with Gasteiger partial charge in [0.05, 0.1) is 11.1 Å². The van der Waals surface area contributed by atoms with E-state index in [4.69, 9.17) is 9.47 Å². The monoisotopic (exact) mass is 398 g/mol. The largest absolute Gasteiger partial charge is 0.475 e. The van der Waals surface area contributed by atoms with Crippen molar-refractivity contribution >= 4 is 34.4 Å². The molecule has 0 aliphatic carbocycles. The summed E-state index contributed by atoms with van der Waals surface area (Å²) in [4.78, 5) is 9.28. The van der Waals surface area contributed by atoms with Crippen LogP contribution in [0.5, 0.6) is 0 Å². The van der Waals surface area contributed by atoms with Gasteiger partial charge in [0.1, 0.15) is 13.2 Å². The van der Waals surface area contributed by atoms with Gasteiger partial charge in [0, 0.05) is 14.7 Å². The maximum atomic E-state index is 5.73. The van der Waals surface area contributed by atoms with E-state index in [0.29, 0.717) is 25.0 Å². The van der Waals surface area contributed by atoms with Crippen LogP contribution in [0.2, 0.25) is 0 Å². The molecule has 21 heavy (non-hydrogen) atoms. The van der Waals surface area contributed by atoms with E-state index in [1.165, 1.54) is 0 Å². The lowest BCUT2D eigenvalue weighted by Gasteiger charge is -2.07. The van der Waals surface area contributed by atoms with E-state index in [9.17, 15) is 0 Å². The smallest absolute Gasteiger partial charge is 0.216 e. The zero-order valence-electron chi connectivity index (χ0n) is 12.7. The first-order valence-corrected chi connectivity index (χ1v) is 8.09. The van der Waals surface area contributed by atoms with E-state index in [1.807, 2.05) is 6.07 Å². The minimum Gasteiger partial charge on any atom is -0.475 e. The molecule has 0 spiro atoms. The molecule has 4 nitrogen and oxygen atoms in total. The summed E-state index contributed by atoms with van der Waals surface area (Å²) in [5.74, 6) is 1.41. The second-order valence-electron chi connectivity index (χ2n) is 6.76. The molecule has 112 valence electrons. The van der Waals surface area contributed by atoms with Crippen molar-refractivity contribution in [3.8, 4) is 0 Å². The fourth-order valence-corrected chi connectivity index (χ4v) is 2.97. The van der Waals surface area contributed by atoms with E-state index in [2.05, 4.69) is 72.4 Å². The first kappa shape index (κ1) is 14.8. The highest BCUT2D eigenvalue weighted by atomic mass is 127. The molecule has 5 heteroatoms. The molecule has 2 heterocycles. The second-order valence-corrected chi connectivity index (χ2v) is 8.01. The molecule has 0 aromatic heterocycles. The van der Waals surface area contributed by atoms with E-state index in [1.54, 1.807) is 0 Å². The number of halogens is 1. The van der Waals surface area contributed by atoms with Crippen LogP contribution in [0.15, 0.2) is 28.2 Å². The summed E-state index contributed by atoms with van der Waals surface area (Å²) in [5, 5.41) is 0. The zero-order valence-corrected chi connectivity index (χ0v) is 14.9. The van der Waals surface area contributed by atoms with Crippen molar-refractivity contribution in [3.05, 3.63) is 32.9 Å². The van der Waals surface area contributed by atoms with Gasteiger partial charge in [-0.1, -0.05) is 0 Å². The topological polar surface area (TPSA) is 43.2 Å². The summed E-state index contributed by atoms with van der Waals surface area (Å²) in [7, 11) is 0. The number of ether oxygens (including phenoxy) is 2. The Morgan fingerprint density at radius 2 is 1.29 bits per heavy atom. The maximum absolute atomic E-state index is 5.73. The highest BCUT2D eigenvalue weighted by molar-refractivity contribution is 14.1. The normalized spacial score (nSPS) is 22.3. The van der Waals surface area contributed by atoms with Crippen LogP contribution >= 0.6 is 22.6 Å². The molecule has 2 aliphatic heterocycles. The Labute approximate surface area is 138 Å². The van der Waals surface area contributed by atoms with Gasteiger partial charge in [-0.3, -0.25) is 0 Å². The van der Waals surface area contributed by atoms with E-state index in [0.717, 1.165) is 14.7 Å². The molecule has 3 rings (SSSR count). The van der Waals surface area contributed by atoms with Crippen molar-refractivity contribution in [3.63, 3.8) is 0 Å². The molecule has 1 aromatic rings. The van der Waals surface area contributed by atoms with Crippen LogP contribution < -0.4 is 0 Å². The summed E-state index contributed by atoms with van der Waals surface area (Å²) in [6.45, 7) is 9.52. The van der Waals surface area contributed by atoms with Gasteiger partial charge in [-0.2, -0.15) is 0 Å². The Morgan fingerprint density at radius 1 is 0.857 bits per heavy atom. The molecule has 2 aliphatic rings. The van der Waals surface area contributed by atoms with Gasteiger partial charge in [0.2, 0.25) is 11.8 Å². The highest BCUT2D eigenvalue weighted by Crippen LogP contribution is 2.25. The summed E-state index contributed by atoms with van der Waals surface area (Å²) < 4.78 is 12.6. The summed E-state index contributed by atoms with van der Waals surface area (Å²) in [5.41, 5.74) is 1.66. The van der Waals surface area contributed by atoms with Crippen molar-refractivity contribution in [2.45, 2.75) is 38.8 Å². The standard InChI is InChI=1S/C16H19IN2O2/c1-15(2)8-20-13(18-15)10-5-11(7-12(17)6-10)14-19-16(3,4)9-21-14/h5-7H,8-9H2,1-4H3. The molecule has 1 aromatic carbocycles. The van der Waals surface area contributed by atoms with E-state index < -0.39 is 0 Å². The van der Waals surface area contributed by atoms with Gasteiger partial charge in [0.25, 0.3) is 0 Å². The lowest BCUT2D eigenvalue weighted by Crippen LogP contribution is -2.17. The minimum absolute atomic E-state index is 0.153. The Morgan fingerprint density at radius 3 is 1.62 bits per heavy atom. The number of benzene rings is 1. The molecule has 0 saturated heterocycles. The first-order valence-electron chi connectivity index (χ1n) is 7.01. The molecule has 0 atom stereocenters. The molecule has 0 saturated carbocycles. The zero-order chi connectivity index (χ0) is 15.3. The first-order chi connectivity index (χ1) is 9.74. The Bertz CT molecular complexity index is 595. The van der Waals surface area contributed by atoms with Gasteiger partial charge >= 0.3 is 0 Å². The van der Waals surface area contributed by atoms with Crippen molar-refractivity contribution in [2.75, 3.05) is 13.2 Å². The molecular weight excluding hydrogens is 379 g/mol. The SMILES string of the molecule is CC1(C)COC(c2cc(I)cc(C3=NC(C)(C)CO3)c2)=N1. The lowest BCUT2D eigenvalue weighted by molar-refractivity contribution is 0.279. The number of hydrogen-bond acceptors (Lipinski definition) is 4. The van der Waals surface area contributed by atoms with Gasteiger partial charge in [-0.25, -0.2) is 9.98 Å². The predicted octanol–water partition coefficient (Wildman–Crippen LogP) is 3.40. The molecule has 0 radical (unpaired) electrons. The fourth-order valence-electron chi connectivity index (χ4n) is 2.30. The second kappa shape index (κ2) is 4.97. The van der Waals surface area contributed by atoms with Gasteiger partial charge in [-0.05, 0) is 68.5 Å². The van der Waals surface area contributed by atoms with Crippen LogP contribution in [0.4, 0.5) is 0 Å². The Hall–Kier alpha value is -1.11. The molecular formula is C16H19IN2O2. The molecule has 0 amide bonds. The number of rotatable bonds is 2. The van der Waals surface area contributed by atoms with Crippen LogP contribution in [0, 0.1) is 3.57 Å². The molecule has 0 fully saturated rings. The lowest BCUT2D eigenvalue weighted by atomic mass is 10.1. The number of aliphatic imine (C=N–C) groups is 2. The average molecular weight is 398 g/mol.